The lowest BCUT2D eigenvalue weighted by atomic mass is 9.98. The number of nitrogens with zero attached hydrogens (tertiary/aromatic N) is 1. The van der Waals surface area contributed by atoms with E-state index in [2.05, 4.69) is 5.32 Å². The summed E-state index contributed by atoms with van der Waals surface area (Å²) in [6.07, 6.45) is 0.761. The Bertz CT molecular complexity index is 890. The van der Waals surface area contributed by atoms with Gasteiger partial charge in [0.15, 0.2) is 11.5 Å². The Morgan fingerprint density at radius 1 is 1.00 bits per heavy atom. The molecule has 0 radical (unpaired) electrons. The molecule has 1 heterocycles. The van der Waals surface area contributed by atoms with E-state index >= 15 is 0 Å². The van der Waals surface area contributed by atoms with Crippen LogP contribution in [0, 0.1) is 5.92 Å². The van der Waals surface area contributed by atoms with Crippen LogP contribution >= 0.6 is 0 Å². The fraction of sp³-hybridized carbons (Fsp3) is 0.391. The van der Waals surface area contributed by atoms with E-state index in [0.717, 1.165) is 12.0 Å². The van der Waals surface area contributed by atoms with Crippen molar-refractivity contribution in [1.29, 1.82) is 0 Å². The summed E-state index contributed by atoms with van der Waals surface area (Å²) in [5.74, 6) is 1.60. The quantitative estimate of drug-likeness (QED) is 0.814. The molecule has 1 aliphatic rings. The highest BCUT2D eigenvalue weighted by molar-refractivity contribution is 5.97. The third-order valence-corrected chi connectivity index (χ3v) is 5.07. The molecule has 3 rings (SSSR count). The van der Waals surface area contributed by atoms with Gasteiger partial charge in [-0.05, 0) is 59.9 Å². The van der Waals surface area contributed by atoms with Gasteiger partial charge in [0.05, 0.1) is 14.2 Å². The number of hydrogen-bond donors (Lipinski definition) is 1. The number of carbonyl (C=O) groups excluding carboxylic acids is 2. The van der Waals surface area contributed by atoms with Gasteiger partial charge in [0.25, 0.3) is 11.8 Å². The molecule has 6 heteroatoms. The fourth-order valence-corrected chi connectivity index (χ4v) is 3.40. The number of rotatable bonds is 6. The molecule has 2 aromatic rings. The Labute approximate surface area is 171 Å². The van der Waals surface area contributed by atoms with Crippen molar-refractivity contribution in [3.63, 3.8) is 0 Å². The lowest BCUT2D eigenvalue weighted by Crippen LogP contribution is -2.36. The lowest BCUT2D eigenvalue weighted by Gasteiger charge is -2.29. The molecule has 0 atom stereocenters. The first kappa shape index (κ1) is 20.7. The Morgan fingerprint density at radius 3 is 2.17 bits per heavy atom. The molecule has 154 valence electrons. The molecule has 0 bridgehead atoms. The summed E-state index contributed by atoms with van der Waals surface area (Å²) in [4.78, 5) is 26.9. The molecule has 2 aromatic carbocycles. The van der Waals surface area contributed by atoms with Gasteiger partial charge in [-0.1, -0.05) is 13.8 Å². The predicted octanol–water partition coefficient (Wildman–Crippen LogP) is 3.29. The van der Waals surface area contributed by atoms with Crippen molar-refractivity contribution in [2.24, 2.45) is 5.92 Å². The van der Waals surface area contributed by atoms with E-state index in [1.807, 2.05) is 30.9 Å². The lowest BCUT2D eigenvalue weighted by molar-refractivity contribution is 0.0734. The highest BCUT2D eigenvalue weighted by Gasteiger charge is 2.24. The standard InChI is InChI=1S/C23H28N2O4/c1-15(2)13-24-22(26)16-5-7-17(8-6-16)23(27)25-10-9-18-11-20(28-3)21(29-4)12-19(18)14-25/h5-8,11-12,15H,9-10,13-14H2,1-4H3,(H,24,26). The third kappa shape index (κ3) is 4.70. The van der Waals surface area contributed by atoms with Crippen molar-refractivity contribution < 1.29 is 19.1 Å². The van der Waals surface area contributed by atoms with Gasteiger partial charge in [-0.25, -0.2) is 0 Å². The minimum atomic E-state index is -0.120. The number of ether oxygens (including phenoxy) is 2. The van der Waals surface area contributed by atoms with Gasteiger partial charge < -0.3 is 19.7 Å². The summed E-state index contributed by atoms with van der Waals surface area (Å²) < 4.78 is 10.8. The highest BCUT2D eigenvalue weighted by Crippen LogP contribution is 2.33. The number of fused-ring (bicyclic) bond motifs is 1. The van der Waals surface area contributed by atoms with Gasteiger partial charge in [-0.15, -0.1) is 0 Å². The monoisotopic (exact) mass is 396 g/mol. The molecule has 6 nitrogen and oxygen atoms in total. The molecule has 29 heavy (non-hydrogen) atoms. The minimum absolute atomic E-state index is 0.0421. The Balaban J connectivity index is 1.71. The number of carbonyl (C=O) groups is 2. The number of amides is 2. The number of nitrogens with one attached hydrogen (secondary N) is 1. The van der Waals surface area contributed by atoms with Crippen LogP contribution in [-0.4, -0.2) is 44.0 Å². The summed E-state index contributed by atoms with van der Waals surface area (Å²) in [6, 6.07) is 10.8. The first-order valence-electron chi connectivity index (χ1n) is 9.84. The van der Waals surface area contributed by atoms with Crippen LogP contribution in [0.15, 0.2) is 36.4 Å². The molecule has 0 aliphatic carbocycles. The third-order valence-electron chi connectivity index (χ3n) is 5.07. The van der Waals surface area contributed by atoms with Crippen molar-refractivity contribution in [3.05, 3.63) is 58.7 Å². The van der Waals surface area contributed by atoms with E-state index in [-0.39, 0.29) is 11.8 Å². The summed E-state index contributed by atoms with van der Waals surface area (Å²) in [5.41, 5.74) is 3.37. The van der Waals surface area contributed by atoms with Crippen molar-refractivity contribution in [1.82, 2.24) is 10.2 Å². The van der Waals surface area contributed by atoms with Gasteiger partial charge >= 0.3 is 0 Å². The van der Waals surface area contributed by atoms with Crippen LogP contribution in [-0.2, 0) is 13.0 Å². The second-order valence-corrected chi connectivity index (χ2v) is 7.63. The summed E-state index contributed by atoms with van der Waals surface area (Å²) in [6.45, 7) is 5.87. The topological polar surface area (TPSA) is 67.9 Å². The van der Waals surface area contributed by atoms with Gasteiger partial charge in [-0.3, -0.25) is 9.59 Å². The van der Waals surface area contributed by atoms with E-state index < -0.39 is 0 Å². The maximum atomic E-state index is 13.0. The largest absolute Gasteiger partial charge is 0.493 e. The molecular formula is C23H28N2O4. The number of methoxy groups -OCH3 is 2. The van der Waals surface area contributed by atoms with Crippen LogP contribution in [0.2, 0.25) is 0 Å². The second kappa shape index (κ2) is 8.99. The van der Waals surface area contributed by atoms with Crippen LogP contribution < -0.4 is 14.8 Å². The van der Waals surface area contributed by atoms with E-state index in [1.165, 1.54) is 5.56 Å². The maximum absolute atomic E-state index is 13.0. The molecule has 0 fully saturated rings. The van der Waals surface area contributed by atoms with Crippen LogP contribution in [0.5, 0.6) is 11.5 Å². The fourth-order valence-electron chi connectivity index (χ4n) is 3.40. The zero-order chi connectivity index (χ0) is 21.0. The predicted molar refractivity (Wildman–Crippen MR) is 112 cm³/mol. The summed E-state index contributed by atoms with van der Waals surface area (Å²) in [7, 11) is 3.23. The molecule has 0 saturated heterocycles. The van der Waals surface area contributed by atoms with Gasteiger partial charge in [0.2, 0.25) is 0 Å². The van der Waals surface area contributed by atoms with Gasteiger partial charge in [0.1, 0.15) is 0 Å². The molecule has 0 aromatic heterocycles. The van der Waals surface area contributed by atoms with E-state index in [9.17, 15) is 9.59 Å². The van der Waals surface area contributed by atoms with Crippen LogP contribution in [0.25, 0.3) is 0 Å². The zero-order valence-corrected chi connectivity index (χ0v) is 17.5. The molecule has 0 unspecified atom stereocenters. The molecule has 2 amide bonds. The van der Waals surface area contributed by atoms with E-state index in [0.29, 0.717) is 48.2 Å². The zero-order valence-electron chi connectivity index (χ0n) is 17.5. The first-order chi connectivity index (χ1) is 13.9. The minimum Gasteiger partial charge on any atom is -0.493 e. The second-order valence-electron chi connectivity index (χ2n) is 7.63. The number of hydrogen-bond acceptors (Lipinski definition) is 4. The van der Waals surface area contributed by atoms with Gasteiger partial charge in [0, 0.05) is 30.8 Å². The summed E-state index contributed by atoms with van der Waals surface area (Å²) >= 11 is 0. The number of benzene rings is 2. The molecular weight excluding hydrogens is 368 g/mol. The Morgan fingerprint density at radius 2 is 1.59 bits per heavy atom. The van der Waals surface area contributed by atoms with Crippen molar-refractivity contribution in [2.75, 3.05) is 27.3 Å². The normalized spacial score (nSPS) is 13.1. The molecule has 0 saturated carbocycles. The van der Waals surface area contributed by atoms with Crippen molar-refractivity contribution >= 4 is 11.8 Å². The molecule has 1 N–H and O–H groups in total. The Hall–Kier alpha value is -3.02. The van der Waals surface area contributed by atoms with Crippen LogP contribution in [0.4, 0.5) is 0 Å². The van der Waals surface area contributed by atoms with Crippen molar-refractivity contribution in [2.45, 2.75) is 26.8 Å². The smallest absolute Gasteiger partial charge is 0.254 e. The maximum Gasteiger partial charge on any atom is 0.254 e. The highest BCUT2D eigenvalue weighted by atomic mass is 16.5. The first-order valence-corrected chi connectivity index (χ1v) is 9.84. The van der Waals surface area contributed by atoms with E-state index in [1.54, 1.807) is 38.5 Å². The van der Waals surface area contributed by atoms with E-state index in [4.69, 9.17) is 9.47 Å². The Kier molecular flexibility index (Phi) is 6.42. The average Bonchev–Trinajstić information content (AvgIpc) is 2.75. The van der Waals surface area contributed by atoms with Crippen LogP contribution in [0.3, 0.4) is 0 Å². The summed E-state index contributed by atoms with van der Waals surface area (Å²) in [5, 5.41) is 2.89. The average molecular weight is 396 g/mol. The molecule has 1 aliphatic heterocycles. The molecule has 0 spiro atoms. The van der Waals surface area contributed by atoms with Gasteiger partial charge in [-0.2, -0.15) is 0 Å². The SMILES string of the molecule is COc1cc2c(cc1OC)CN(C(=O)c1ccc(C(=O)NCC(C)C)cc1)CC2. The van der Waals surface area contributed by atoms with Crippen molar-refractivity contribution in [3.8, 4) is 11.5 Å². The van der Waals surface area contributed by atoms with Crippen LogP contribution in [0.1, 0.15) is 45.7 Å².